The second-order valence-electron chi connectivity index (χ2n) is 6.26. The summed E-state index contributed by atoms with van der Waals surface area (Å²) >= 11 is 0. The summed E-state index contributed by atoms with van der Waals surface area (Å²) in [5.41, 5.74) is 0. The van der Waals surface area contributed by atoms with Crippen LogP contribution < -0.4 is 0 Å². The maximum absolute atomic E-state index is 9.93. The third kappa shape index (κ3) is 3.37. The molecule has 0 aromatic rings. The standard InChI is InChI=1S/C15H27NO3/c1-3-11-4-6-12(7-5-11)8-16-9-13(17)15(19)14(18)10(16)2/h3,10-15,17-19H,1,4-9H2,2H3. The number of hydrogen-bond donors (Lipinski definition) is 3. The molecule has 0 amide bonds. The van der Waals surface area contributed by atoms with Crippen molar-refractivity contribution >= 4 is 0 Å². The zero-order valence-electron chi connectivity index (χ0n) is 11.8. The molecule has 4 heteroatoms. The minimum absolute atomic E-state index is 0.0875. The van der Waals surface area contributed by atoms with Gasteiger partial charge in [0.05, 0.1) is 12.2 Å². The zero-order chi connectivity index (χ0) is 14.0. The van der Waals surface area contributed by atoms with E-state index >= 15 is 0 Å². The predicted octanol–water partition coefficient (Wildman–Crippen LogP) is 0.766. The molecule has 1 saturated carbocycles. The van der Waals surface area contributed by atoms with Gasteiger partial charge < -0.3 is 15.3 Å². The molecule has 0 aromatic heterocycles. The van der Waals surface area contributed by atoms with E-state index in [4.69, 9.17) is 0 Å². The Labute approximate surface area is 115 Å². The maximum atomic E-state index is 9.93. The number of aliphatic hydroxyl groups is 3. The Bertz CT molecular complexity index is 302. The summed E-state index contributed by atoms with van der Waals surface area (Å²) in [7, 11) is 0. The molecule has 110 valence electrons. The molecule has 2 aliphatic rings. The number of piperidine rings is 1. The van der Waals surface area contributed by atoms with Gasteiger partial charge >= 0.3 is 0 Å². The van der Waals surface area contributed by atoms with Gasteiger partial charge in [-0.1, -0.05) is 6.08 Å². The van der Waals surface area contributed by atoms with Crippen molar-refractivity contribution in [3.8, 4) is 0 Å². The largest absolute Gasteiger partial charge is 0.389 e. The quantitative estimate of drug-likeness (QED) is 0.662. The van der Waals surface area contributed by atoms with E-state index in [1.807, 2.05) is 6.92 Å². The van der Waals surface area contributed by atoms with Gasteiger partial charge in [0.15, 0.2) is 0 Å². The molecule has 0 bridgehead atoms. The summed E-state index contributed by atoms with van der Waals surface area (Å²) in [6.07, 6.45) is 4.13. The van der Waals surface area contributed by atoms with Crippen LogP contribution in [0.15, 0.2) is 12.7 Å². The van der Waals surface area contributed by atoms with E-state index in [0.717, 1.165) is 6.54 Å². The van der Waals surface area contributed by atoms with Crippen molar-refractivity contribution in [2.24, 2.45) is 11.8 Å². The Morgan fingerprint density at radius 3 is 2.32 bits per heavy atom. The predicted molar refractivity (Wildman–Crippen MR) is 74.7 cm³/mol. The van der Waals surface area contributed by atoms with Crippen molar-refractivity contribution < 1.29 is 15.3 Å². The van der Waals surface area contributed by atoms with E-state index in [1.54, 1.807) is 0 Å². The molecule has 1 saturated heterocycles. The number of nitrogens with zero attached hydrogens (tertiary/aromatic N) is 1. The van der Waals surface area contributed by atoms with Crippen molar-refractivity contribution in [3.63, 3.8) is 0 Å². The molecule has 4 unspecified atom stereocenters. The van der Waals surface area contributed by atoms with Crippen LogP contribution in [0, 0.1) is 11.8 Å². The van der Waals surface area contributed by atoms with Gasteiger partial charge in [-0.3, -0.25) is 4.90 Å². The van der Waals surface area contributed by atoms with Gasteiger partial charge in [0.25, 0.3) is 0 Å². The van der Waals surface area contributed by atoms with Crippen molar-refractivity contribution in [1.29, 1.82) is 0 Å². The van der Waals surface area contributed by atoms with Crippen LogP contribution in [0.1, 0.15) is 32.6 Å². The van der Waals surface area contributed by atoms with E-state index in [-0.39, 0.29) is 6.04 Å². The zero-order valence-corrected chi connectivity index (χ0v) is 11.8. The Morgan fingerprint density at radius 1 is 1.11 bits per heavy atom. The third-order valence-electron chi connectivity index (χ3n) is 4.95. The van der Waals surface area contributed by atoms with Gasteiger partial charge in [0.1, 0.15) is 6.10 Å². The molecule has 1 aliphatic carbocycles. The van der Waals surface area contributed by atoms with Gasteiger partial charge in [-0.25, -0.2) is 0 Å². The number of rotatable bonds is 3. The molecule has 1 aliphatic heterocycles. The second kappa shape index (κ2) is 6.35. The fourth-order valence-electron chi connectivity index (χ4n) is 3.42. The number of aliphatic hydroxyl groups excluding tert-OH is 3. The normalized spacial score (nSPS) is 45.1. The highest BCUT2D eigenvalue weighted by atomic mass is 16.4. The van der Waals surface area contributed by atoms with Crippen LogP contribution in [0.25, 0.3) is 0 Å². The Kier molecular flexibility index (Phi) is 5.01. The minimum Gasteiger partial charge on any atom is -0.389 e. The van der Waals surface area contributed by atoms with E-state index in [1.165, 1.54) is 25.7 Å². The molecule has 2 rings (SSSR count). The van der Waals surface area contributed by atoms with Crippen LogP contribution in [0.3, 0.4) is 0 Å². The molecular formula is C15H27NO3. The monoisotopic (exact) mass is 269 g/mol. The van der Waals surface area contributed by atoms with Crippen LogP contribution in [0.4, 0.5) is 0 Å². The van der Waals surface area contributed by atoms with Crippen LogP contribution >= 0.6 is 0 Å². The fraction of sp³-hybridized carbons (Fsp3) is 0.867. The summed E-state index contributed by atoms with van der Waals surface area (Å²) < 4.78 is 0. The first-order valence-electron chi connectivity index (χ1n) is 7.43. The third-order valence-corrected chi connectivity index (χ3v) is 4.95. The van der Waals surface area contributed by atoms with Gasteiger partial charge in [-0.05, 0) is 44.4 Å². The lowest BCUT2D eigenvalue weighted by Crippen LogP contribution is -2.60. The van der Waals surface area contributed by atoms with Crippen LogP contribution in [0.5, 0.6) is 0 Å². The molecule has 4 atom stereocenters. The first kappa shape index (κ1) is 15.0. The van der Waals surface area contributed by atoms with E-state index < -0.39 is 18.3 Å². The molecule has 0 aromatic carbocycles. The molecule has 0 spiro atoms. The first-order chi connectivity index (χ1) is 9.02. The number of β-amino-alcohol motifs (C(OH)–C–C–N with tert-alkyl or cyclic N) is 1. The average Bonchev–Trinajstić information content (AvgIpc) is 2.43. The highest BCUT2D eigenvalue weighted by Gasteiger charge is 2.39. The molecule has 1 heterocycles. The molecule has 2 fully saturated rings. The Hall–Kier alpha value is -0.420. The smallest absolute Gasteiger partial charge is 0.108 e. The maximum Gasteiger partial charge on any atom is 0.108 e. The van der Waals surface area contributed by atoms with Crippen molar-refractivity contribution in [1.82, 2.24) is 4.90 Å². The minimum atomic E-state index is -1.01. The van der Waals surface area contributed by atoms with Crippen molar-refractivity contribution in [2.45, 2.75) is 57.0 Å². The van der Waals surface area contributed by atoms with Gasteiger partial charge in [0.2, 0.25) is 0 Å². The van der Waals surface area contributed by atoms with Crippen molar-refractivity contribution in [3.05, 3.63) is 12.7 Å². The summed E-state index contributed by atoms with van der Waals surface area (Å²) in [5, 5.41) is 29.4. The topological polar surface area (TPSA) is 63.9 Å². The number of allylic oxidation sites excluding steroid dienone is 1. The number of likely N-dealkylation sites (tertiary alicyclic amines) is 1. The van der Waals surface area contributed by atoms with Crippen LogP contribution in [-0.4, -0.2) is 57.7 Å². The summed E-state index contributed by atoms with van der Waals surface area (Å²) in [5.74, 6) is 1.29. The SMILES string of the molecule is C=CC1CCC(CN2CC(O)C(O)C(O)C2C)CC1. The molecular weight excluding hydrogens is 242 g/mol. The van der Waals surface area contributed by atoms with Crippen LogP contribution in [0.2, 0.25) is 0 Å². The Balaban J connectivity index is 1.87. The molecule has 3 N–H and O–H groups in total. The van der Waals surface area contributed by atoms with Gasteiger partial charge in [-0.2, -0.15) is 0 Å². The Morgan fingerprint density at radius 2 is 1.74 bits per heavy atom. The highest BCUT2D eigenvalue weighted by molar-refractivity contribution is 4.93. The molecule has 0 radical (unpaired) electrons. The summed E-state index contributed by atoms with van der Waals surface area (Å²) in [6, 6.07) is -0.0875. The highest BCUT2D eigenvalue weighted by Crippen LogP contribution is 2.31. The number of hydrogen-bond acceptors (Lipinski definition) is 4. The lowest BCUT2D eigenvalue weighted by atomic mass is 9.81. The lowest BCUT2D eigenvalue weighted by Gasteiger charge is -2.44. The van der Waals surface area contributed by atoms with E-state index in [0.29, 0.717) is 18.4 Å². The summed E-state index contributed by atoms with van der Waals surface area (Å²) in [6.45, 7) is 7.15. The van der Waals surface area contributed by atoms with Crippen molar-refractivity contribution in [2.75, 3.05) is 13.1 Å². The molecule has 19 heavy (non-hydrogen) atoms. The summed E-state index contributed by atoms with van der Waals surface area (Å²) in [4.78, 5) is 2.13. The fourth-order valence-corrected chi connectivity index (χ4v) is 3.42. The second-order valence-corrected chi connectivity index (χ2v) is 6.26. The van der Waals surface area contributed by atoms with Crippen LogP contribution in [-0.2, 0) is 0 Å². The molecule has 4 nitrogen and oxygen atoms in total. The van der Waals surface area contributed by atoms with Gasteiger partial charge in [0, 0.05) is 19.1 Å². The van der Waals surface area contributed by atoms with Gasteiger partial charge in [-0.15, -0.1) is 6.58 Å². The first-order valence-corrected chi connectivity index (χ1v) is 7.43. The lowest BCUT2D eigenvalue weighted by molar-refractivity contribution is -0.136. The van der Waals surface area contributed by atoms with E-state index in [2.05, 4.69) is 17.6 Å². The average molecular weight is 269 g/mol. The van der Waals surface area contributed by atoms with E-state index in [9.17, 15) is 15.3 Å².